The molecule has 0 radical (unpaired) electrons. The van der Waals surface area contributed by atoms with Gasteiger partial charge in [0.25, 0.3) is 5.56 Å². The Balaban J connectivity index is 1.95. The Kier molecular flexibility index (Phi) is 4.63. The lowest BCUT2D eigenvalue weighted by Crippen LogP contribution is -2.41. The summed E-state index contributed by atoms with van der Waals surface area (Å²) in [7, 11) is 3.02. The Bertz CT molecular complexity index is 1490. The maximum absolute atomic E-state index is 13.3. The van der Waals surface area contributed by atoms with Crippen LogP contribution in [0.5, 0.6) is 0 Å². The number of hydrogen-bond donors (Lipinski definition) is 0. The van der Waals surface area contributed by atoms with Gasteiger partial charge in [-0.15, -0.1) is 0 Å². The van der Waals surface area contributed by atoms with Crippen LogP contribution in [0.4, 0.5) is 5.82 Å². The number of hydrogen-bond acceptors (Lipinski definition) is 5. The van der Waals surface area contributed by atoms with Crippen LogP contribution in [0, 0.1) is 0 Å². The zero-order chi connectivity index (χ0) is 22.7. The first-order valence-corrected chi connectivity index (χ1v) is 10.8. The zero-order valence-electron chi connectivity index (χ0n) is 17.3. The number of aliphatic carboxylic acids is 1. The van der Waals surface area contributed by atoms with Gasteiger partial charge in [0.15, 0.2) is 0 Å². The van der Waals surface area contributed by atoms with Crippen LogP contribution in [0.3, 0.4) is 0 Å². The third-order valence-corrected chi connectivity index (χ3v) is 6.60. The SMILES string of the molecule is Cn1c2c(c(=O)n(C)c1=O)C(c1ccc(Br)cc1)C1=C(CC(=O)[O-])c3ccccc3C1=N2. The van der Waals surface area contributed by atoms with Crippen LogP contribution in [0.1, 0.15) is 34.6 Å². The standard InChI is InChI=1S/C24H18BrN3O4/c1-27-22-20(23(31)28(2)24(27)32)18(12-7-9-13(25)10-8-12)19-16(11-17(29)30)14-5-3-4-6-15(14)21(19)26-22/h3-10,18H,11H2,1-2H3,(H,29,30)/p-1. The van der Waals surface area contributed by atoms with Gasteiger partial charge < -0.3 is 9.90 Å². The maximum atomic E-state index is 13.3. The third-order valence-electron chi connectivity index (χ3n) is 6.07. The summed E-state index contributed by atoms with van der Waals surface area (Å²) in [5.41, 5.74) is 3.59. The van der Waals surface area contributed by atoms with Gasteiger partial charge >= 0.3 is 5.69 Å². The highest BCUT2D eigenvalue weighted by Crippen LogP contribution is 2.49. The van der Waals surface area contributed by atoms with Crippen molar-refractivity contribution in [2.75, 3.05) is 0 Å². The van der Waals surface area contributed by atoms with Crippen LogP contribution in [0.15, 0.2) is 73.2 Å². The molecule has 8 heteroatoms. The highest BCUT2D eigenvalue weighted by Gasteiger charge is 2.40. The van der Waals surface area contributed by atoms with Crippen LogP contribution in [0.2, 0.25) is 0 Å². The molecule has 0 amide bonds. The van der Waals surface area contributed by atoms with Crippen molar-refractivity contribution in [2.45, 2.75) is 12.3 Å². The fraction of sp³-hybridized carbons (Fsp3) is 0.167. The maximum Gasteiger partial charge on any atom is 0.332 e. The quantitative estimate of drug-likeness (QED) is 0.560. The van der Waals surface area contributed by atoms with E-state index in [0.29, 0.717) is 22.4 Å². The summed E-state index contributed by atoms with van der Waals surface area (Å²) < 4.78 is 3.30. The van der Waals surface area contributed by atoms with E-state index >= 15 is 0 Å². The summed E-state index contributed by atoms with van der Waals surface area (Å²) in [5, 5.41) is 11.7. The number of benzene rings is 2. The van der Waals surface area contributed by atoms with Crippen molar-refractivity contribution in [2.24, 2.45) is 19.1 Å². The highest BCUT2D eigenvalue weighted by atomic mass is 79.9. The zero-order valence-corrected chi connectivity index (χ0v) is 18.8. The van der Waals surface area contributed by atoms with E-state index < -0.39 is 23.1 Å². The van der Waals surface area contributed by atoms with Crippen molar-refractivity contribution >= 4 is 39.0 Å². The topological polar surface area (TPSA) is 96.5 Å². The van der Waals surface area contributed by atoms with E-state index in [2.05, 4.69) is 15.9 Å². The molecule has 2 aliphatic rings. The van der Waals surface area contributed by atoms with Gasteiger partial charge in [-0.05, 0) is 34.4 Å². The minimum atomic E-state index is -1.21. The molecule has 0 saturated carbocycles. The number of allylic oxidation sites excluding steroid dienone is 1. The lowest BCUT2D eigenvalue weighted by atomic mass is 9.80. The van der Waals surface area contributed by atoms with E-state index in [9.17, 15) is 19.5 Å². The van der Waals surface area contributed by atoms with E-state index in [1.807, 2.05) is 48.5 Å². The van der Waals surface area contributed by atoms with Crippen LogP contribution in [0.25, 0.3) is 5.57 Å². The van der Waals surface area contributed by atoms with Crippen molar-refractivity contribution in [3.8, 4) is 0 Å². The molecular formula is C24H17BrN3O4-. The number of carbonyl (C=O) groups is 1. The monoisotopic (exact) mass is 490 g/mol. The molecule has 1 aliphatic heterocycles. The van der Waals surface area contributed by atoms with Crippen molar-refractivity contribution in [1.82, 2.24) is 9.13 Å². The number of fused-ring (bicyclic) bond motifs is 4. The molecule has 1 unspecified atom stereocenters. The molecule has 1 aromatic heterocycles. The Morgan fingerprint density at radius 1 is 1.03 bits per heavy atom. The molecule has 0 spiro atoms. The average Bonchev–Trinajstić information content (AvgIpc) is 3.08. The number of aromatic nitrogens is 2. The number of carboxylic acids is 1. The van der Waals surface area contributed by atoms with Crippen LogP contribution >= 0.6 is 15.9 Å². The molecule has 0 bridgehead atoms. The fourth-order valence-electron chi connectivity index (χ4n) is 4.64. The number of rotatable bonds is 3. The molecule has 7 nitrogen and oxygen atoms in total. The van der Waals surface area contributed by atoms with Gasteiger partial charge in [-0.1, -0.05) is 52.3 Å². The van der Waals surface area contributed by atoms with Gasteiger partial charge in [0.1, 0.15) is 5.82 Å². The van der Waals surface area contributed by atoms with E-state index in [-0.39, 0.29) is 12.2 Å². The first-order valence-electron chi connectivity index (χ1n) is 9.96. The van der Waals surface area contributed by atoms with E-state index in [4.69, 9.17) is 4.99 Å². The summed E-state index contributed by atoms with van der Waals surface area (Å²) in [6.45, 7) is 0. The van der Waals surface area contributed by atoms with E-state index in [0.717, 1.165) is 25.7 Å². The predicted molar refractivity (Wildman–Crippen MR) is 122 cm³/mol. The fourth-order valence-corrected chi connectivity index (χ4v) is 4.90. The molecule has 3 aromatic rings. The second-order valence-electron chi connectivity index (χ2n) is 7.87. The normalized spacial score (nSPS) is 16.3. The van der Waals surface area contributed by atoms with Crippen molar-refractivity contribution in [3.05, 3.63) is 102 Å². The largest absolute Gasteiger partial charge is 0.550 e. The first kappa shape index (κ1) is 20.4. The Labute approximate surface area is 191 Å². The molecule has 160 valence electrons. The molecule has 2 aromatic carbocycles. The number of nitrogens with zero attached hydrogens (tertiary/aromatic N) is 3. The minimum absolute atomic E-state index is 0.286. The Morgan fingerprint density at radius 2 is 1.69 bits per heavy atom. The number of carbonyl (C=O) groups excluding carboxylic acids is 1. The van der Waals surface area contributed by atoms with Gasteiger partial charge in [-0.2, -0.15) is 0 Å². The summed E-state index contributed by atoms with van der Waals surface area (Å²) in [6.07, 6.45) is -0.306. The summed E-state index contributed by atoms with van der Waals surface area (Å²) in [4.78, 5) is 42.4. The Morgan fingerprint density at radius 3 is 2.34 bits per heavy atom. The molecule has 2 heterocycles. The van der Waals surface area contributed by atoms with E-state index in [1.54, 1.807) is 7.05 Å². The van der Waals surface area contributed by atoms with Gasteiger partial charge in [0.2, 0.25) is 0 Å². The lowest BCUT2D eigenvalue weighted by molar-refractivity contribution is -0.304. The lowest BCUT2D eigenvalue weighted by Gasteiger charge is -2.28. The molecule has 32 heavy (non-hydrogen) atoms. The first-order chi connectivity index (χ1) is 15.3. The molecule has 5 rings (SSSR count). The highest BCUT2D eigenvalue weighted by molar-refractivity contribution is 9.10. The molecular weight excluding hydrogens is 474 g/mol. The van der Waals surface area contributed by atoms with Crippen molar-refractivity contribution in [3.63, 3.8) is 0 Å². The van der Waals surface area contributed by atoms with Gasteiger partial charge in [0, 0.05) is 42.4 Å². The van der Waals surface area contributed by atoms with Crippen molar-refractivity contribution in [1.29, 1.82) is 0 Å². The molecule has 0 saturated heterocycles. The van der Waals surface area contributed by atoms with E-state index in [1.165, 1.54) is 11.6 Å². The average molecular weight is 491 g/mol. The molecule has 1 aliphatic carbocycles. The molecule has 1 atom stereocenters. The van der Waals surface area contributed by atoms with Crippen molar-refractivity contribution < 1.29 is 9.90 Å². The van der Waals surface area contributed by atoms with Crippen LogP contribution < -0.4 is 16.4 Å². The Hall–Kier alpha value is -3.52. The number of carboxylic acid groups (broad SMARTS) is 1. The minimum Gasteiger partial charge on any atom is -0.550 e. The number of aliphatic imine (C=N–C) groups is 1. The third kappa shape index (κ3) is 2.86. The predicted octanol–water partition coefficient (Wildman–Crippen LogP) is 2.02. The molecule has 0 fully saturated rings. The second kappa shape index (κ2) is 7.27. The van der Waals surface area contributed by atoms with Crippen LogP contribution in [-0.2, 0) is 18.9 Å². The second-order valence-corrected chi connectivity index (χ2v) is 8.79. The van der Waals surface area contributed by atoms with Gasteiger partial charge in [0.05, 0.1) is 11.3 Å². The molecule has 0 N–H and O–H groups in total. The van der Waals surface area contributed by atoms with Gasteiger partial charge in [-0.25, -0.2) is 9.79 Å². The van der Waals surface area contributed by atoms with Gasteiger partial charge in [-0.3, -0.25) is 13.9 Å². The van der Waals surface area contributed by atoms with Crippen LogP contribution in [-0.4, -0.2) is 20.8 Å². The smallest absolute Gasteiger partial charge is 0.332 e. The number of halogens is 1. The summed E-state index contributed by atoms with van der Waals surface area (Å²) in [5.74, 6) is -1.51. The summed E-state index contributed by atoms with van der Waals surface area (Å²) in [6, 6.07) is 14.9. The summed E-state index contributed by atoms with van der Waals surface area (Å²) >= 11 is 3.44.